The number of aliphatic carboxylic acids is 1. The average Bonchev–Trinajstić information content (AvgIpc) is 0.763. The Morgan fingerprint density at radius 3 is 1.05 bits per heavy atom. The number of aliphatic hydroxyl groups is 32. The van der Waals surface area contributed by atoms with Gasteiger partial charge in [0.2, 0.25) is 23.6 Å². The summed E-state index contributed by atoms with van der Waals surface area (Å²) in [6.07, 6.45) is -123. The summed E-state index contributed by atoms with van der Waals surface area (Å²) in [4.78, 5) is 66.2. The molecule has 65 heteroatoms. The Morgan fingerprint density at radius 2 is 0.601 bits per heavy atom. The van der Waals surface area contributed by atoms with Gasteiger partial charge >= 0.3 is 5.97 Å². The Morgan fingerprint density at radius 1 is 0.291 bits per heavy atom. The standard InChI is InChI=1S/C83H138N4O61/c1-18-39(101)48(110)55(117)75(128-18)141-64-32(15-94)136-74(38(87-24(7)98)67(64)144-81-70(52(114)43(105)27(10-89)133-81)147-77-57(119)50(112)41(103)20(3)130-77)146-69-46(108)33(137-80(60(69)122)140-62-29(12-91)131-71(123)54(116)53(62)115)16-126-72-37(86-23(6)97)66(143-76-56(118)49(111)40(102)19(2)129-76)63(31(14-93)134-72)142-79-59(121)68(45(107)28(11-90)132-79)145-73-36(85-22(5)96)47(109)61(30(13-92)135-73)139-78-58(120)51(113)44(106)34(138-78)17-127-83(82(124)125)8-25(99)35(84-21(4)95)65(148-83)42(104)26(100)9-88/h18-20,25-81,88-94,99-123H,8-17H2,1-7H3,(H,84,95)(H,85,96)(H,86,97)(H,87,98)(H,124,125)/t18-,19-,20-,25-,26+,27+,28+,29+,30+,31+,32+,33+,34+,35+,36+,37+,38+,39+,40+,41+,42+,43-,44-,45-,46-,47+,48+,49+,50+,51-,52-,53+,54+,55-,56-,57-,58+,59+,60+,61+,62+,63+,64+,65+,66+,67+,68-,69-,70+,71?,72+,73-,74-,75-,76-,77-,78-,79-,80-,81-,83+/m0/s1. The highest BCUT2D eigenvalue weighted by Gasteiger charge is 2.65. The molecule has 0 aromatic heterocycles. The summed E-state index contributed by atoms with van der Waals surface area (Å²) in [7, 11) is 0. The minimum absolute atomic E-state index is 0.852. The molecule has 12 fully saturated rings. The van der Waals surface area contributed by atoms with E-state index < -0.39 is 469 Å². The number of carbonyl (C=O) groups excluding carboxylic acids is 4. The summed E-state index contributed by atoms with van der Waals surface area (Å²) in [5, 5.41) is 381. The van der Waals surface area contributed by atoms with E-state index in [1.54, 1.807) is 0 Å². The molecule has 1 unspecified atom stereocenters. The molecule has 12 aliphatic heterocycles. The molecule has 0 aliphatic carbocycles. The molecular formula is C83H138N4O61. The first-order valence-electron chi connectivity index (χ1n) is 47.4. The van der Waals surface area contributed by atoms with E-state index in [9.17, 15) is 192 Å². The van der Waals surface area contributed by atoms with Crippen LogP contribution >= 0.6 is 0 Å². The first-order valence-corrected chi connectivity index (χ1v) is 47.4. The van der Waals surface area contributed by atoms with Crippen molar-refractivity contribution in [3.05, 3.63) is 0 Å². The van der Waals surface area contributed by atoms with Crippen molar-refractivity contribution in [1.82, 2.24) is 21.3 Å². The van der Waals surface area contributed by atoms with Crippen LogP contribution in [0, 0.1) is 0 Å². The maximum Gasteiger partial charge on any atom is 0.364 e. The molecule has 0 spiro atoms. The van der Waals surface area contributed by atoms with Crippen molar-refractivity contribution in [1.29, 1.82) is 0 Å². The molecule has 61 atom stereocenters. The summed E-state index contributed by atoms with van der Waals surface area (Å²) in [6, 6.07) is -8.09. The third-order valence-corrected chi connectivity index (χ3v) is 27.5. The van der Waals surface area contributed by atoms with Crippen molar-refractivity contribution in [2.45, 2.75) is 429 Å². The monoisotopic (exact) mass is 2170 g/mol. The number of ether oxygens (including phenoxy) is 23. The Labute approximate surface area is 837 Å². The highest BCUT2D eigenvalue weighted by atomic mass is 16.8. The number of hydrogen-bond donors (Lipinski definition) is 37. The maximum atomic E-state index is 13.9. The van der Waals surface area contributed by atoms with Gasteiger partial charge in [-0.25, -0.2) is 4.79 Å². The molecule has 0 aromatic carbocycles. The zero-order valence-electron chi connectivity index (χ0n) is 79.9. The minimum Gasteiger partial charge on any atom is -0.477 e. The van der Waals surface area contributed by atoms with Crippen molar-refractivity contribution in [2.75, 3.05) is 59.5 Å². The first kappa shape index (κ1) is 122. The SMILES string of the molecule is CC(=O)N[C@H]1[C@H](O[C@H]2[C@@H](O)[C@@H](CO)O[C@@H](O[C@H]3[C@H](O[C@@H]4O[C@@H](C)[C@@H](O)[C@@H](O)[C@@H]4O)[C@@H](NC(C)=O)[C@H](OC[C@H]4O[C@@H](O[C@H]5[C@H](O)[C@@H](O)C(O)O[C@@H]5CO)[C@H](O)[C@@H](O[C@@H]5O[C@H](CO)[C@@H](O[C@@H]6O[C@@H](C)[C@@H](O)[C@@H](O)[C@@H]6O)[C@H](O[C@@H]6O[C@H](CO)[C@H](O)[C@H](O)[C@H]6O[C@@H]6O[C@@H](C)[C@@H](O)[C@@H](O)[C@@H]6O)[C@H]5NC(C)=O)[C@H]4O)O[C@@H]3CO)[C@@H]2O)O[C@H](CO)[C@@H](O[C@@H]2O[C@H](CO[C@]3(C(=O)O)C[C@H](O)[C@@H](NC(C)=O)[C@H]([C@H](O)[C@H](O)CO)O3)[C@H](O)[C@H](O)[C@H]2O)[C@@H]1O. The third-order valence-electron chi connectivity index (χ3n) is 27.5. The fraction of sp³-hybridized carbons (Fsp3) is 0.940. The molecule has 12 aliphatic rings. The van der Waals surface area contributed by atoms with Crippen LogP contribution in [0.25, 0.3) is 0 Å². The number of carbonyl (C=O) groups is 5. The number of amides is 4. The lowest BCUT2D eigenvalue weighted by Crippen LogP contribution is -2.72. The number of carboxylic acid groups (broad SMARTS) is 1. The minimum atomic E-state index is -3.10. The smallest absolute Gasteiger partial charge is 0.364 e. The van der Waals surface area contributed by atoms with Crippen molar-refractivity contribution in [3.63, 3.8) is 0 Å². The van der Waals surface area contributed by atoms with Crippen molar-refractivity contribution in [2.24, 2.45) is 0 Å². The summed E-state index contributed by atoms with van der Waals surface area (Å²) in [6.45, 7) is -4.02. The Bertz CT molecular complexity index is 4190. The van der Waals surface area contributed by atoms with Crippen LogP contribution in [-0.2, 0) is 133 Å². The Kier molecular flexibility index (Phi) is 42.9. The average molecular weight is 2170 g/mol. The van der Waals surface area contributed by atoms with Gasteiger partial charge in [-0.2, -0.15) is 0 Å². The van der Waals surface area contributed by atoms with Crippen molar-refractivity contribution < 1.29 is 301 Å². The third kappa shape index (κ3) is 26.4. The highest BCUT2D eigenvalue weighted by molar-refractivity contribution is 5.77. The molecule has 65 nitrogen and oxygen atoms in total. The summed E-state index contributed by atoms with van der Waals surface area (Å²) in [5.74, 6) is -9.23. The van der Waals surface area contributed by atoms with E-state index in [1.165, 1.54) is 20.8 Å². The molecule has 12 rings (SSSR count). The molecule has 856 valence electrons. The van der Waals surface area contributed by atoms with Crippen LogP contribution in [0.15, 0.2) is 0 Å². The van der Waals surface area contributed by atoms with Gasteiger partial charge in [0.25, 0.3) is 5.79 Å². The van der Waals surface area contributed by atoms with E-state index in [2.05, 4.69) is 21.3 Å². The molecule has 0 bridgehead atoms. The van der Waals surface area contributed by atoms with E-state index in [0.717, 1.165) is 27.7 Å². The van der Waals surface area contributed by atoms with Crippen LogP contribution in [0.5, 0.6) is 0 Å². The molecular weight excluding hydrogens is 2030 g/mol. The lowest BCUT2D eigenvalue weighted by Gasteiger charge is -2.52. The van der Waals surface area contributed by atoms with E-state index >= 15 is 0 Å². The summed E-state index contributed by atoms with van der Waals surface area (Å²) in [5.41, 5.74) is 0. The van der Waals surface area contributed by atoms with Gasteiger partial charge in [-0.15, -0.1) is 0 Å². The zero-order valence-corrected chi connectivity index (χ0v) is 79.9. The van der Waals surface area contributed by atoms with Gasteiger partial charge in [0.05, 0.1) is 89.9 Å². The molecule has 0 saturated carbocycles. The van der Waals surface area contributed by atoms with Crippen LogP contribution in [0.1, 0.15) is 54.9 Å². The zero-order chi connectivity index (χ0) is 109. The number of aliphatic hydroxyl groups excluding tert-OH is 32. The number of nitrogens with one attached hydrogen (secondary N) is 4. The summed E-state index contributed by atoms with van der Waals surface area (Å²) < 4.78 is 139. The van der Waals surface area contributed by atoms with Gasteiger partial charge in [-0.05, 0) is 20.8 Å². The van der Waals surface area contributed by atoms with E-state index in [4.69, 9.17) is 109 Å². The second kappa shape index (κ2) is 52.1. The Balaban J connectivity index is 0.846. The molecule has 0 radical (unpaired) electrons. The summed E-state index contributed by atoms with van der Waals surface area (Å²) >= 11 is 0. The second-order valence-electron chi connectivity index (χ2n) is 38.0. The van der Waals surface area contributed by atoms with Gasteiger partial charge in [-0.1, -0.05) is 0 Å². The molecule has 12 heterocycles. The molecule has 0 aromatic rings. The van der Waals surface area contributed by atoms with E-state index in [-0.39, 0.29) is 0 Å². The fourth-order valence-electron chi connectivity index (χ4n) is 19.3. The van der Waals surface area contributed by atoms with Crippen LogP contribution in [0.4, 0.5) is 0 Å². The second-order valence-corrected chi connectivity index (χ2v) is 38.0. The molecule has 148 heavy (non-hydrogen) atoms. The van der Waals surface area contributed by atoms with Crippen molar-refractivity contribution in [3.8, 4) is 0 Å². The van der Waals surface area contributed by atoms with E-state index in [0.29, 0.717) is 0 Å². The van der Waals surface area contributed by atoms with Crippen LogP contribution in [0.2, 0.25) is 0 Å². The van der Waals surface area contributed by atoms with Crippen LogP contribution in [-0.4, -0.2) is 631 Å². The molecule has 12 saturated heterocycles. The van der Waals surface area contributed by atoms with Crippen molar-refractivity contribution >= 4 is 29.6 Å². The molecule has 4 amide bonds. The fourth-order valence-corrected chi connectivity index (χ4v) is 19.3. The maximum absolute atomic E-state index is 13.9. The van der Waals surface area contributed by atoms with Gasteiger partial charge in [0.15, 0.2) is 69.2 Å². The Hall–Kier alpha value is -4.85. The topological polar surface area (TPSA) is 1010 Å². The highest BCUT2D eigenvalue weighted by Crippen LogP contribution is 2.44. The normalized spacial score (nSPS) is 49.8. The predicted molar refractivity (Wildman–Crippen MR) is 454 cm³/mol. The van der Waals surface area contributed by atoms with Gasteiger partial charge in [0.1, 0.15) is 268 Å². The first-order chi connectivity index (χ1) is 69.7. The largest absolute Gasteiger partial charge is 0.477 e. The van der Waals surface area contributed by atoms with Gasteiger partial charge in [0, 0.05) is 34.1 Å². The van der Waals surface area contributed by atoms with E-state index in [1.807, 2.05) is 0 Å². The number of carboxylic acids is 1. The van der Waals surface area contributed by atoms with Crippen LogP contribution < -0.4 is 21.3 Å². The van der Waals surface area contributed by atoms with Crippen LogP contribution in [0.3, 0.4) is 0 Å². The quantitative estimate of drug-likeness (QED) is 0.0273. The lowest BCUT2D eigenvalue weighted by atomic mass is 9.88. The number of rotatable bonds is 38. The lowest BCUT2D eigenvalue weighted by molar-refractivity contribution is -0.402. The number of hydrogen-bond acceptors (Lipinski definition) is 60. The predicted octanol–water partition coefficient (Wildman–Crippen LogP) is -24.3. The van der Waals surface area contributed by atoms with Gasteiger partial charge in [-0.3, -0.25) is 19.2 Å². The van der Waals surface area contributed by atoms with Gasteiger partial charge < -0.3 is 299 Å². The molecule has 37 N–H and O–H groups in total.